The van der Waals surface area contributed by atoms with Gasteiger partial charge in [-0.2, -0.15) is 4.98 Å². The van der Waals surface area contributed by atoms with Crippen LogP contribution in [0.1, 0.15) is 11.1 Å². The molecule has 0 unspecified atom stereocenters. The molecule has 2 aromatic carbocycles. The number of halogens is 1. The van der Waals surface area contributed by atoms with E-state index in [9.17, 15) is 4.79 Å². The van der Waals surface area contributed by atoms with Crippen LogP contribution in [0.4, 0.5) is 11.6 Å². The lowest BCUT2D eigenvalue weighted by atomic mass is 10.2. The highest BCUT2D eigenvalue weighted by molar-refractivity contribution is 6.34. The van der Waals surface area contributed by atoms with Crippen LogP contribution in [0.25, 0.3) is 0 Å². The number of methoxy groups -OCH3 is 1. The molecule has 0 atom stereocenters. The third-order valence-electron chi connectivity index (χ3n) is 3.82. The number of benzene rings is 2. The Bertz CT molecular complexity index is 939. The third kappa shape index (κ3) is 3.83. The normalized spacial score (nSPS) is 10.5. The second kappa shape index (κ2) is 7.40. The molecule has 1 aromatic heterocycles. The first-order valence-electron chi connectivity index (χ1n) is 7.80. The summed E-state index contributed by atoms with van der Waals surface area (Å²) in [5.74, 6) is 0.596. The van der Waals surface area contributed by atoms with Gasteiger partial charge in [-0.1, -0.05) is 54.1 Å². The second-order valence-electron chi connectivity index (χ2n) is 5.61. The molecule has 3 aromatic rings. The van der Waals surface area contributed by atoms with Crippen LogP contribution in [0.5, 0.6) is 5.75 Å². The highest BCUT2D eigenvalue weighted by Crippen LogP contribution is 2.27. The van der Waals surface area contributed by atoms with E-state index in [2.05, 4.69) is 10.3 Å². The number of hydrogen-bond acceptors (Lipinski definition) is 4. The summed E-state index contributed by atoms with van der Waals surface area (Å²) < 4.78 is 6.95. The summed E-state index contributed by atoms with van der Waals surface area (Å²) in [6.45, 7) is 2.46. The first-order chi connectivity index (χ1) is 12.1. The Kier molecular flexibility index (Phi) is 5.05. The molecule has 6 heteroatoms. The van der Waals surface area contributed by atoms with Gasteiger partial charge in [0, 0.05) is 0 Å². The summed E-state index contributed by atoms with van der Waals surface area (Å²) in [4.78, 5) is 16.2. The molecular weight excluding hydrogens is 338 g/mol. The highest BCUT2D eigenvalue weighted by atomic mass is 35.5. The van der Waals surface area contributed by atoms with Crippen molar-refractivity contribution < 1.29 is 4.74 Å². The Morgan fingerprint density at radius 1 is 1.16 bits per heavy atom. The van der Waals surface area contributed by atoms with Gasteiger partial charge in [0.2, 0.25) is 11.7 Å². The van der Waals surface area contributed by atoms with Crippen molar-refractivity contribution in [1.29, 1.82) is 0 Å². The molecule has 1 N–H and O–H groups in total. The summed E-state index contributed by atoms with van der Waals surface area (Å²) >= 11 is 6.35. The predicted octanol–water partition coefficient (Wildman–Crippen LogP) is 4.01. The lowest BCUT2D eigenvalue weighted by Crippen LogP contribution is -2.18. The largest absolute Gasteiger partial charge is 0.490 e. The molecule has 5 nitrogen and oxygen atoms in total. The van der Waals surface area contributed by atoms with E-state index < -0.39 is 5.56 Å². The molecule has 0 saturated carbocycles. The molecule has 1 heterocycles. The summed E-state index contributed by atoms with van der Waals surface area (Å²) in [6, 6.07) is 15.6. The molecule has 25 heavy (non-hydrogen) atoms. The summed E-state index contributed by atoms with van der Waals surface area (Å²) in [5, 5.41) is 3.75. The van der Waals surface area contributed by atoms with E-state index in [4.69, 9.17) is 16.3 Å². The maximum Gasteiger partial charge on any atom is 0.316 e. The molecule has 0 aliphatic rings. The van der Waals surface area contributed by atoms with Crippen LogP contribution >= 0.6 is 11.6 Å². The fourth-order valence-electron chi connectivity index (χ4n) is 2.48. The fraction of sp³-hybridized carbons (Fsp3) is 0.158. The molecule has 0 aliphatic heterocycles. The van der Waals surface area contributed by atoms with Crippen LogP contribution in [0.3, 0.4) is 0 Å². The summed E-state index contributed by atoms with van der Waals surface area (Å²) in [5.41, 5.74) is 2.28. The number of nitrogens with zero attached hydrogens (tertiary/aromatic N) is 2. The zero-order valence-electron chi connectivity index (χ0n) is 14.0. The van der Waals surface area contributed by atoms with Crippen LogP contribution < -0.4 is 15.6 Å². The molecular formula is C19H18ClN3O2. The minimum atomic E-state index is -0.432. The average Bonchev–Trinajstić information content (AvgIpc) is 2.62. The van der Waals surface area contributed by atoms with Crippen LogP contribution in [-0.4, -0.2) is 16.7 Å². The molecule has 0 spiro atoms. The van der Waals surface area contributed by atoms with E-state index in [0.29, 0.717) is 23.2 Å². The molecule has 0 bridgehead atoms. The van der Waals surface area contributed by atoms with Crippen molar-refractivity contribution in [3.63, 3.8) is 0 Å². The molecule has 0 aliphatic carbocycles. The maximum atomic E-state index is 12.1. The van der Waals surface area contributed by atoms with E-state index in [0.717, 1.165) is 11.1 Å². The van der Waals surface area contributed by atoms with E-state index in [1.807, 2.05) is 60.0 Å². The van der Waals surface area contributed by atoms with Crippen LogP contribution in [-0.2, 0) is 6.54 Å². The topological polar surface area (TPSA) is 56.1 Å². The van der Waals surface area contributed by atoms with Gasteiger partial charge >= 0.3 is 5.56 Å². The average molecular weight is 356 g/mol. The number of aromatic nitrogens is 2. The van der Waals surface area contributed by atoms with Crippen molar-refractivity contribution in [2.75, 3.05) is 12.4 Å². The van der Waals surface area contributed by atoms with Crippen LogP contribution in [0.2, 0.25) is 5.02 Å². The van der Waals surface area contributed by atoms with Gasteiger partial charge in [0.1, 0.15) is 0 Å². The number of hydrogen-bond donors (Lipinski definition) is 1. The fourth-order valence-corrected chi connectivity index (χ4v) is 2.65. The molecule has 3 rings (SSSR count). The van der Waals surface area contributed by atoms with Gasteiger partial charge in [-0.25, -0.2) is 0 Å². The standard InChI is InChI=1S/C19H18ClN3O2/c1-13-7-6-10-15(17(13)20)21-19-22-18(24)16(25-2)12-23(19)11-14-8-4-3-5-9-14/h3-10,12H,11H2,1-2H3,(H,21,22,24). The van der Waals surface area contributed by atoms with Crippen molar-refractivity contribution in [1.82, 2.24) is 9.55 Å². The molecule has 0 fully saturated rings. The van der Waals surface area contributed by atoms with E-state index in [-0.39, 0.29) is 5.75 Å². The first-order valence-corrected chi connectivity index (χ1v) is 8.18. The van der Waals surface area contributed by atoms with Gasteiger partial charge in [-0.3, -0.25) is 4.79 Å². The minimum Gasteiger partial charge on any atom is -0.490 e. The van der Waals surface area contributed by atoms with Gasteiger partial charge in [0.15, 0.2) is 0 Å². The predicted molar refractivity (Wildman–Crippen MR) is 100 cm³/mol. The van der Waals surface area contributed by atoms with Gasteiger partial charge in [-0.05, 0) is 24.1 Å². The molecule has 0 amide bonds. The van der Waals surface area contributed by atoms with Gasteiger partial charge in [0.05, 0.1) is 30.6 Å². The quantitative estimate of drug-likeness (QED) is 0.751. The Labute approximate surface area is 150 Å². The Hall–Kier alpha value is -2.79. The lowest BCUT2D eigenvalue weighted by Gasteiger charge is -2.16. The molecule has 128 valence electrons. The smallest absolute Gasteiger partial charge is 0.316 e. The van der Waals surface area contributed by atoms with Crippen molar-refractivity contribution in [3.05, 3.63) is 81.2 Å². The van der Waals surface area contributed by atoms with Crippen molar-refractivity contribution in [2.45, 2.75) is 13.5 Å². The Morgan fingerprint density at radius 2 is 1.92 bits per heavy atom. The van der Waals surface area contributed by atoms with E-state index in [1.165, 1.54) is 7.11 Å². The van der Waals surface area contributed by atoms with Crippen molar-refractivity contribution in [3.8, 4) is 5.75 Å². The van der Waals surface area contributed by atoms with Gasteiger partial charge in [0.25, 0.3) is 0 Å². The number of anilines is 2. The van der Waals surface area contributed by atoms with Crippen LogP contribution in [0, 0.1) is 6.92 Å². The zero-order valence-corrected chi connectivity index (χ0v) is 14.7. The monoisotopic (exact) mass is 355 g/mol. The Morgan fingerprint density at radius 3 is 2.64 bits per heavy atom. The SMILES string of the molecule is COc1cn(Cc2ccccc2)c(Nc2cccc(C)c2Cl)nc1=O. The van der Waals surface area contributed by atoms with Crippen molar-refractivity contribution >= 4 is 23.2 Å². The maximum absolute atomic E-state index is 12.1. The van der Waals surface area contributed by atoms with Crippen LogP contribution in [0.15, 0.2) is 59.5 Å². The number of rotatable bonds is 5. The van der Waals surface area contributed by atoms with Gasteiger partial charge < -0.3 is 14.6 Å². The van der Waals surface area contributed by atoms with Gasteiger partial charge in [-0.15, -0.1) is 0 Å². The number of aryl methyl sites for hydroxylation is 1. The van der Waals surface area contributed by atoms with Crippen molar-refractivity contribution in [2.24, 2.45) is 0 Å². The number of nitrogens with one attached hydrogen (secondary N) is 1. The van der Waals surface area contributed by atoms with E-state index in [1.54, 1.807) is 6.20 Å². The summed E-state index contributed by atoms with van der Waals surface area (Å²) in [6.07, 6.45) is 1.65. The first kappa shape index (κ1) is 17.0. The summed E-state index contributed by atoms with van der Waals surface area (Å²) in [7, 11) is 1.45. The molecule has 0 radical (unpaired) electrons. The Balaban J connectivity index is 2.03. The van der Waals surface area contributed by atoms with E-state index >= 15 is 0 Å². The second-order valence-corrected chi connectivity index (χ2v) is 5.99. The highest BCUT2D eigenvalue weighted by Gasteiger charge is 2.12. The third-order valence-corrected chi connectivity index (χ3v) is 4.32. The lowest BCUT2D eigenvalue weighted by molar-refractivity contribution is 0.402. The molecule has 0 saturated heterocycles. The number of ether oxygens (including phenoxy) is 1. The zero-order chi connectivity index (χ0) is 17.8. The minimum absolute atomic E-state index is 0.192.